The molecular formula is C12H22N6O2. The third-order valence-corrected chi connectivity index (χ3v) is 2.62. The van der Waals surface area contributed by atoms with Gasteiger partial charge in [0.2, 0.25) is 11.6 Å². The van der Waals surface area contributed by atoms with E-state index in [1.165, 1.54) is 6.33 Å². The Morgan fingerprint density at radius 2 is 1.85 bits per heavy atom. The molecule has 1 heterocycles. The summed E-state index contributed by atoms with van der Waals surface area (Å²) >= 11 is 0. The summed E-state index contributed by atoms with van der Waals surface area (Å²) in [5, 5.41) is 17.1. The van der Waals surface area contributed by atoms with E-state index in [2.05, 4.69) is 25.5 Å². The first kappa shape index (κ1) is 16.1. The first-order valence-corrected chi connectivity index (χ1v) is 6.68. The summed E-state index contributed by atoms with van der Waals surface area (Å²) in [6.45, 7) is 4.16. The van der Waals surface area contributed by atoms with Crippen LogP contribution in [0.1, 0.15) is 19.8 Å². The molecule has 0 aliphatic heterocycles. The van der Waals surface area contributed by atoms with Gasteiger partial charge in [-0.15, -0.1) is 0 Å². The van der Waals surface area contributed by atoms with Crippen molar-refractivity contribution in [2.24, 2.45) is 0 Å². The highest BCUT2D eigenvalue weighted by Crippen LogP contribution is 2.28. The number of anilines is 2. The summed E-state index contributed by atoms with van der Waals surface area (Å²) in [5.41, 5.74) is -0.0918. The van der Waals surface area contributed by atoms with Crippen LogP contribution in [0, 0.1) is 10.1 Å². The van der Waals surface area contributed by atoms with Crippen molar-refractivity contribution in [2.45, 2.75) is 19.8 Å². The fraction of sp³-hybridized carbons (Fsp3) is 0.667. The zero-order chi connectivity index (χ0) is 15.0. The van der Waals surface area contributed by atoms with Crippen LogP contribution in [-0.4, -0.2) is 53.5 Å². The van der Waals surface area contributed by atoms with Gasteiger partial charge in [0.25, 0.3) is 0 Å². The Balaban J connectivity index is 2.76. The zero-order valence-corrected chi connectivity index (χ0v) is 12.2. The normalized spacial score (nSPS) is 10.6. The molecule has 8 heteroatoms. The van der Waals surface area contributed by atoms with Crippen molar-refractivity contribution >= 4 is 17.3 Å². The number of nitrogens with zero attached hydrogens (tertiary/aromatic N) is 4. The first-order valence-electron chi connectivity index (χ1n) is 6.68. The van der Waals surface area contributed by atoms with Crippen molar-refractivity contribution in [3.63, 3.8) is 0 Å². The minimum absolute atomic E-state index is 0.0918. The van der Waals surface area contributed by atoms with Gasteiger partial charge in [-0.1, -0.05) is 6.92 Å². The van der Waals surface area contributed by atoms with Gasteiger partial charge in [0.1, 0.15) is 6.33 Å². The van der Waals surface area contributed by atoms with E-state index < -0.39 is 4.92 Å². The lowest BCUT2D eigenvalue weighted by Gasteiger charge is -2.11. The van der Waals surface area contributed by atoms with Crippen LogP contribution in [0.4, 0.5) is 17.3 Å². The topological polar surface area (TPSA) is 96.2 Å². The molecular weight excluding hydrogens is 260 g/mol. The molecule has 1 aromatic rings. The molecule has 8 nitrogen and oxygen atoms in total. The van der Waals surface area contributed by atoms with Crippen LogP contribution in [0.15, 0.2) is 6.33 Å². The number of aromatic nitrogens is 2. The SMILES string of the molecule is CCCNc1ncnc(NCCCN(C)C)c1[N+](=O)[O-]. The lowest BCUT2D eigenvalue weighted by Crippen LogP contribution is -2.17. The van der Waals surface area contributed by atoms with Crippen LogP contribution >= 0.6 is 0 Å². The fourth-order valence-electron chi connectivity index (χ4n) is 1.66. The molecule has 0 spiro atoms. The average molecular weight is 282 g/mol. The van der Waals surface area contributed by atoms with Crippen molar-refractivity contribution in [1.82, 2.24) is 14.9 Å². The van der Waals surface area contributed by atoms with Crippen LogP contribution in [-0.2, 0) is 0 Å². The second kappa shape index (κ2) is 8.26. The van der Waals surface area contributed by atoms with E-state index in [1.54, 1.807) is 0 Å². The number of nitro groups is 1. The summed E-state index contributed by atoms with van der Waals surface area (Å²) in [5.74, 6) is 0.532. The highest BCUT2D eigenvalue weighted by molar-refractivity contribution is 5.69. The molecule has 0 unspecified atom stereocenters. The third kappa shape index (κ3) is 4.96. The Morgan fingerprint density at radius 1 is 1.25 bits per heavy atom. The monoisotopic (exact) mass is 282 g/mol. The molecule has 0 bridgehead atoms. The van der Waals surface area contributed by atoms with Gasteiger partial charge in [-0.2, -0.15) is 0 Å². The van der Waals surface area contributed by atoms with Crippen molar-refractivity contribution in [1.29, 1.82) is 0 Å². The molecule has 1 rings (SSSR count). The maximum atomic E-state index is 11.2. The Labute approximate surface area is 118 Å². The van der Waals surface area contributed by atoms with Crippen LogP contribution < -0.4 is 10.6 Å². The van der Waals surface area contributed by atoms with Gasteiger partial charge in [-0.3, -0.25) is 10.1 Å². The highest BCUT2D eigenvalue weighted by Gasteiger charge is 2.22. The molecule has 0 fully saturated rings. The number of hydrogen-bond donors (Lipinski definition) is 2. The maximum Gasteiger partial charge on any atom is 0.353 e. The maximum absolute atomic E-state index is 11.2. The van der Waals surface area contributed by atoms with Gasteiger partial charge >= 0.3 is 5.69 Å². The highest BCUT2D eigenvalue weighted by atomic mass is 16.6. The molecule has 0 atom stereocenters. The largest absolute Gasteiger partial charge is 0.364 e. The van der Waals surface area contributed by atoms with Gasteiger partial charge in [0.15, 0.2) is 0 Å². The third-order valence-electron chi connectivity index (χ3n) is 2.62. The van der Waals surface area contributed by atoms with E-state index in [0.29, 0.717) is 13.1 Å². The predicted molar refractivity (Wildman–Crippen MR) is 79.1 cm³/mol. The molecule has 1 aromatic heterocycles. The Hall–Kier alpha value is -1.96. The standard InChI is InChI=1S/C12H22N6O2/c1-4-6-13-11-10(18(19)20)12(16-9-15-11)14-7-5-8-17(2)3/h9H,4-8H2,1-3H3,(H2,13,14,15,16). The number of hydrogen-bond acceptors (Lipinski definition) is 7. The Bertz CT molecular complexity index is 438. The summed E-state index contributed by atoms with van der Waals surface area (Å²) in [4.78, 5) is 20.7. The van der Waals surface area contributed by atoms with Crippen LogP contribution in [0.2, 0.25) is 0 Å². The summed E-state index contributed by atoms with van der Waals surface area (Å²) in [7, 11) is 3.97. The fourth-order valence-corrected chi connectivity index (χ4v) is 1.66. The van der Waals surface area contributed by atoms with E-state index in [1.807, 2.05) is 21.0 Å². The van der Waals surface area contributed by atoms with Crippen LogP contribution in [0.5, 0.6) is 0 Å². The molecule has 112 valence electrons. The summed E-state index contributed by atoms with van der Waals surface area (Å²) < 4.78 is 0. The van der Waals surface area contributed by atoms with Crippen molar-refractivity contribution in [3.05, 3.63) is 16.4 Å². The Morgan fingerprint density at radius 3 is 2.35 bits per heavy atom. The zero-order valence-electron chi connectivity index (χ0n) is 12.2. The van der Waals surface area contributed by atoms with Gasteiger partial charge in [0, 0.05) is 13.1 Å². The second-order valence-electron chi connectivity index (χ2n) is 4.69. The molecule has 0 aliphatic rings. The molecule has 2 N–H and O–H groups in total. The number of nitrogens with one attached hydrogen (secondary N) is 2. The smallest absolute Gasteiger partial charge is 0.353 e. The minimum atomic E-state index is -0.452. The molecule has 0 saturated heterocycles. The van der Waals surface area contributed by atoms with Gasteiger partial charge in [-0.05, 0) is 33.5 Å². The van der Waals surface area contributed by atoms with Crippen molar-refractivity contribution in [2.75, 3.05) is 44.4 Å². The first-order chi connectivity index (χ1) is 9.56. The lowest BCUT2D eigenvalue weighted by atomic mass is 10.3. The van der Waals surface area contributed by atoms with E-state index in [-0.39, 0.29) is 17.3 Å². The van der Waals surface area contributed by atoms with E-state index >= 15 is 0 Å². The minimum Gasteiger partial charge on any atom is -0.364 e. The average Bonchev–Trinajstić information content (AvgIpc) is 2.40. The lowest BCUT2D eigenvalue weighted by molar-refractivity contribution is -0.383. The molecule has 0 aromatic carbocycles. The summed E-state index contributed by atoms with van der Waals surface area (Å²) in [6.07, 6.45) is 3.08. The molecule has 0 aliphatic carbocycles. The molecule has 0 saturated carbocycles. The summed E-state index contributed by atoms with van der Waals surface area (Å²) in [6, 6.07) is 0. The van der Waals surface area contributed by atoms with E-state index in [4.69, 9.17) is 0 Å². The van der Waals surface area contributed by atoms with E-state index in [9.17, 15) is 10.1 Å². The van der Waals surface area contributed by atoms with Gasteiger partial charge < -0.3 is 15.5 Å². The molecule has 0 radical (unpaired) electrons. The van der Waals surface area contributed by atoms with Crippen molar-refractivity contribution in [3.8, 4) is 0 Å². The Kier molecular flexibility index (Phi) is 6.65. The molecule has 0 amide bonds. The van der Waals surface area contributed by atoms with E-state index in [0.717, 1.165) is 19.4 Å². The quantitative estimate of drug-likeness (QED) is 0.403. The predicted octanol–water partition coefficient (Wildman–Crippen LogP) is 1.57. The van der Waals surface area contributed by atoms with Crippen molar-refractivity contribution < 1.29 is 4.92 Å². The van der Waals surface area contributed by atoms with Crippen LogP contribution in [0.25, 0.3) is 0 Å². The van der Waals surface area contributed by atoms with Crippen LogP contribution in [0.3, 0.4) is 0 Å². The second-order valence-corrected chi connectivity index (χ2v) is 4.69. The van der Waals surface area contributed by atoms with Gasteiger partial charge in [0.05, 0.1) is 4.92 Å². The van der Waals surface area contributed by atoms with Gasteiger partial charge in [-0.25, -0.2) is 9.97 Å². The number of rotatable bonds is 9. The molecule has 20 heavy (non-hydrogen) atoms.